The summed E-state index contributed by atoms with van der Waals surface area (Å²) in [5, 5.41) is 5.17. The highest BCUT2D eigenvalue weighted by Gasteiger charge is 2.16. The highest BCUT2D eigenvalue weighted by molar-refractivity contribution is 5.99. The molecule has 2 N–H and O–H groups in total. The number of nitrogens with one attached hydrogen (secondary N) is 2. The first-order valence-corrected chi connectivity index (χ1v) is 7.13. The molecule has 0 spiro atoms. The standard InChI is InChI=1S/C16H15N3O5/c1-22-15-5-3-11(7-17-15)19-14(20)8-18-16(21)10-2-4-12-13(6-10)24-9-23-12/h2-7H,8-9H2,1H3,(H,18,21)(H,19,20). The number of fused-ring (bicyclic) bond motifs is 1. The van der Waals surface area contributed by atoms with Gasteiger partial charge in [0.25, 0.3) is 5.91 Å². The molecule has 0 unspecified atom stereocenters. The maximum absolute atomic E-state index is 12.1. The van der Waals surface area contributed by atoms with E-state index < -0.39 is 0 Å². The number of amides is 2. The van der Waals surface area contributed by atoms with Gasteiger partial charge in [0.1, 0.15) is 0 Å². The number of hydrogen-bond acceptors (Lipinski definition) is 6. The van der Waals surface area contributed by atoms with E-state index >= 15 is 0 Å². The Kier molecular flexibility index (Phi) is 4.46. The van der Waals surface area contributed by atoms with Crippen LogP contribution in [0.25, 0.3) is 0 Å². The molecule has 0 radical (unpaired) electrons. The first-order valence-electron chi connectivity index (χ1n) is 7.13. The number of methoxy groups -OCH3 is 1. The number of carbonyl (C=O) groups excluding carboxylic acids is 2. The first-order chi connectivity index (χ1) is 11.7. The summed E-state index contributed by atoms with van der Waals surface area (Å²) in [7, 11) is 1.51. The lowest BCUT2D eigenvalue weighted by Gasteiger charge is -2.07. The van der Waals surface area contributed by atoms with Crippen molar-refractivity contribution in [2.45, 2.75) is 0 Å². The Hall–Kier alpha value is -3.29. The van der Waals surface area contributed by atoms with E-state index in [2.05, 4.69) is 15.6 Å². The summed E-state index contributed by atoms with van der Waals surface area (Å²) in [6, 6.07) is 8.11. The maximum Gasteiger partial charge on any atom is 0.251 e. The molecule has 0 aliphatic carbocycles. The second-order valence-electron chi connectivity index (χ2n) is 4.89. The van der Waals surface area contributed by atoms with Crippen molar-refractivity contribution in [3.8, 4) is 17.4 Å². The lowest BCUT2D eigenvalue weighted by Crippen LogP contribution is -2.32. The predicted molar refractivity (Wildman–Crippen MR) is 84.3 cm³/mol. The molecule has 1 aromatic carbocycles. The van der Waals surface area contributed by atoms with E-state index in [1.165, 1.54) is 13.3 Å². The summed E-state index contributed by atoms with van der Waals surface area (Å²) in [5.41, 5.74) is 0.899. The quantitative estimate of drug-likeness (QED) is 0.855. The molecule has 0 saturated heterocycles. The Morgan fingerprint density at radius 1 is 1.21 bits per heavy atom. The van der Waals surface area contributed by atoms with Crippen molar-refractivity contribution < 1.29 is 23.8 Å². The van der Waals surface area contributed by atoms with Crippen molar-refractivity contribution in [2.24, 2.45) is 0 Å². The first kappa shape index (κ1) is 15.6. The molecule has 3 rings (SSSR count). The number of aromatic nitrogens is 1. The summed E-state index contributed by atoms with van der Waals surface area (Å²) < 4.78 is 15.3. The van der Waals surface area contributed by atoms with Crippen molar-refractivity contribution in [2.75, 3.05) is 25.8 Å². The van der Waals surface area contributed by atoms with E-state index in [1.807, 2.05) is 0 Å². The third-order valence-corrected chi connectivity index (χ3v) is 3.27. The zero-order valence-electron chi connectivity index (χ0n) is 12.9. The van der Waals surface area contributed by atoms with Gasteiger partial charge in [0.15, 0.2) is 11.5 Å². The fourth-order valence-electron chi connectivity index (χ4n) is 2.08. The van der Waals surface area contributed by atoms with E-state index in [0.29, 0.717) is 28.6 Å². The average Bonchev–Trinajstić information content (AvgIpc) is 3.08. The molecule has 8 nitrogen and oxygen atoms in total. The summed E-state index contributed by atoms with van der Waals surface area (Å²) in [4.78, 5) is 27.9. The molecule has 2 aromatic rings. The van der Waals surface area contributed by atoms with Gasteiger partial charge in [-0.3, -0.25) is 9.59 Å². The number of anilines is 1. The van der Waals surface area contributed by atoms with Crippen LogP contribution in [0, 0.1) is 0 Å². The molecule has 1 aromatic heterocycles. The van der Waals surface area contributed by atoms with Crippen LogP contribution in [-0.4, -0.2) is 37.2 Å². The summed E-state index contributed by atoms with van der Waals surface area (Å²) in [6.07, 6.45) is 1.47. The zero-order valence-corrected chi connectivity index (χ0v) is 12.9. The number of ether oxygens (including phenoxy) is 3. The second-order valence-corrected chi connectivity index (χ2v) is 4.89. The van der Waals surface area contributed by atoms with Gasteiger partial charge in [0.2, 0.25) is 18.6 Å². The number of benzene rings is 1. The van der Waals surface area contributed by atoms with Crippen LogP contribution in [-0.2, 0) is 4.79 Å². The fraction of sp³-hybridized carbons (Fsp3) is 0.188. The molecule has 0 fully saturated rings. The maximum atomic E-state index is 12.1. The Labute approximate surface area is 137 Å². The normalized spacial score (nSPS) is 11.7. The van der Waals surface area contributed by atoms with Crippen LogP contribution in [0.5, 0.6) is 17.4 Å². The molecule has 24 heavy (non-hydrogen) atoms. The van der Waals surface area contributed by atoms with E-state index in [1.54, 1.807) is 30.3 Å². The molecular formula is C16H15N3O5. The van der Waals surface area contributed by atoms with Crippen LogP contribution in [0.15, 0.2) is 36.5 Å². The lowest BCUT2D eigenvalue weighted by atomic mass is 10.2. The third-order valence-electron chi connectivity index (χ3n) is 3.27. The fourth-order valence-corrected chi connectivity index (χ4v) is 2.08. The van der Waals surface area contributed by atoms with Gasteiger partial charge in [0.05, 0.1) is 25.5 Å². The van der Waals surface area contributed by atoms with Gasteiger partial charge >= 0.3 is 0 Å². The van der Waals surface area contributed by atoms with Gasteiger partial charge in [-0.05, 0) is 24.3 Å². The number of nitrogens with zero attached hydrogens (tertiary/aromatic N) is 1. The molecule has 8 heteroatoms. The van der Waals surface area contributed by atoms with Crippen LogP contribution in [0.2, 0.25) is 0 Å². The van der Waals surface area contributed by atoms with Crippen LogP contribution < -0.4 is 24.8 Å². The minimum Gasteiger partial charge on any atom is -0.481 e. The van der Waals surface area contributed by atoms with E-state index in [9.17, 15) is 9.59 Å². The van der Waals surface area contributed by atoms with Gasteiger partial charge in [0, 0.05) is 11.6 Å². The summed E-state index contributed by atoms with van der Waals surface area (Å²) in [6.45, 7) is -0.0297. The Morgan fingerprint density at radius 2 is 2.04 bits per heavy atom. The molecule has 1 aliphatic rings. The lowest BCUT2D eigenvalue weighted by molar-refractivity contribution is -0.115. The highest BCUT2D eigenvalue weighted by atomic mass is 16.7. The highest BCUT2D eigenvalue weighted by Crippen LogP contribution is 2.32. The smallest absolute Gasteiger partial charge is 0.251 e. The molecular weight excluding hydrogens is 314 g/mol. The predicted octanol–water partition coefficient (Wildman–Crippen LogP) is 1.19. The van der Waals surface area contributed by atoms with Gasteiger partial charge in [-0.2, -0.15) is 0 Å². The topological polar surface area (TPSA) is 98.8 Å². The molecule has 0 atom stereocenters. The van der Waals surface area contributed by atoms with Crippen molar-refractivity contribution in [1.29, 1.82) is 0 Å². The van der Waals surface area contributed by atoms with Crippen LogP contribution in [0.1, 0.15) is 10.4 Å². The number of rotatable bonds is 5. The number of hydrogen-bond donors (Lipinski definition) is 2. The van der Waals surface area contributed by atoms with Crippen molar-refractivity contribution >= 4 is 17.5 Å². The minimum atomic E-state index is -0.378. The van der Waals surface area contributed by atoms with Crippen molar-refractivity contribution in [3.63, 3.8) is 0 Å². The molecule has 1 aliphatic heterocycles. The van der Waals surface area contributed by atoms with Crippen molar-refractivity contribution in [3.05, 3.63) is 42.1 Å². The number of carbonyl (C=O) groups is 2. The molecule has 124 valence electrons. The molecule has 0 bridgehead atoms. The Bertz CT molecular complexity index is 761. The van der Waals surface area contributed by atoms with Gasteiger partial charge in [-0.1, -0.05) is 0 Å². The summed E-state index contributed by atoms with van der Waals surface area (Å²) in [5.74, 6) is 0.809. The molecule has 0 saturated carbocycles. The molecule has 2 amide bonds. The third kappa shape index (κ3) is 3.54. The van der Waals surface area contributed by atoms with E-state index in [-0.39, 0.29) is 25.2 Å². The van der Waals surface area contributed by atoms with Gasteiger partial charge < -0.3 is 24.8 Å². The Balaban J connectivity index is 1.52. The summed E-state index contributed by atoms with van der Waals surface area (Å²) >= 11 is 0. The van der Waals surface area contributed by atoms with Gasteiger partial charge in [-0.25, -0.2) is 4.98 Å². The van der Waals surface area contributed by atoms with Crippen LogP contribution in [0.3, 0.4) is 0 Å². The van der Waals surface area contributed by atoms with Crippen molar-refractivity contribution in [1.82, 2.24) is 10.3 Å². The molecule has 2 heterocycles. The minimum absolute atomic E-state index is 0.138. The largest absolute Gasteiger partial charge is 0.481 e. The van der Waals surface area contributed by atoms with E-state index in [4.69, 9.17) is 14.2 Å². The second kappa shape index (κ2) is 6.86. The monoisotopic (exact) mass is 329 g/mol. The zero-order chi connectivity index (χ0) is 16.9. The number of pyridine rings is 1. The van der Waals surface area contributed by atoms with Crippen LogP contribution in [0.4, 0.5) is 5.69 Å². The average molecular weight is 329 g/mol. The van der Waals surface area contributed by atoms with Crippen LogP contribution >= 0.6 is 0 Å². The van der Waals surface area contributed by atoms with E-state index in [0.717, 1.165) is 0 Å². The van der Waals surface area contributed by atoms with Gasteiger partial charge in [-0.15, -0.1) is 0 Å². The Morgan fingerprint density at radius 3 is 2.79 bits per heavy atom. The SMILES string of the molecule is COc1ccc(NC(=O)CNC(=O)c2ccc3c(c2)OCO3)cn1.